The number of anilines is 1. The topological polar surface area (TPSA) is 49.4 Å². The van der Waals surface area contributed by atoms with Crippen molar-refractivity contribution in [3.63, 3.8) is 0 Å². The zero-order valence-electron chi connectivity index (χ0n) is 11.8. The Morgan fingerprint density at radius 2 is 1.73 bits per heavy atom. The van der Waals surface area contributed by atoms with E-state index in [0.717, 1.165) is 5.56 Å². The van der Waals surface area contributed by atoms with Gasteiger partial charge in [-0.3, -0.25) is 14.5 Å². The van der Waals surface area contributed by atoms with Crippen molar-refractivity contribution in [3.05, 3.63) is 65.2 Å². The monoisotopic (exact) mass is 314 g/mol. The molecule has 4 nitrogen and oxygen atoms in total. The second-order valence-electron chi connectivity index (χ2n) is 5.18. The van der Waals surface area contributed by atoms with Crippen LogP contribution in [0.15, 0.2) is 54.6 Å². The van der Waals surface area contributed by atoms with E-state index in [2.05, 4.69) is 5.32 Å². The Morgan fingerprint density at radius 1 is 1.05 bits per heavy atom. The lowest BCUT2D eigenvalue weighted by atomic mass is 10.2. The van der Waals surface area contributed by atoms with Crippen molar-refractivity contribution >= 4 is 29.1 Å². The maximum atomic E-state index is 12.4. The number of imide groups is 1. The van der Waals surface area contributed by atoms with Gasteiger partial charge in [0.25, 0.3) is 5.91 Å². The van der Waals surface area contributed by atoms with Crippen LogP contribution in [0.5, 0.6) is 0 Å². The number of nitrogens with zero attached hydrogens (tertiary/aromatic N) is 1. The molecule has 2 aromatic rings. The lowest BCUT2D eigenvalue weighted by molar-refractivity contribution is -0.139. The van der Waals surface area contributed by atoms with Gasteiger partial charge < -0.3 is 5.32 Å². The van der Waals surface area contributed by atoms with Gasteiger partial charge in [0.05, 0.1) is 23.7 Å². The molecule has 112 valence electrons. The summed E-state index contributed by atoms with van der Waals surface area (Å²) in [6.45, 7) is 0.305. The predicted octanol–water partition coefficient (Wildman–Crippen LogP) is 3.08. The van der Waals surface area contributed by atoms with Gasteiger partial charge in [-0.2, -0.15) is 0 Å². The summed E-state index contributed by atoms with van der Waals surface area (Å²) in [7, 11) is 0. The van der Waals surface area contributed by atoms with E-state index in [1.54, 1.807) is 12.1 Å². The molecule has 0 bridgehead atoms. The fraction of sp³-hybridized carbons (Fsp3) is 0.176. The minimum absolute atomic E-state index is 0.150. The van der Waals surface area contributed by atoms with E-state index < -0.39 is 6.04 Å². The number of hydrogen-bond donors (Lipinski definition) is 1. The Kier molecular flexibility index (Phi) is 4.11. The number of hydrogen-bond acceptors (Lipinski definition) is 3. The number of carbonyl (C=O) groups is 2. The van der Waals surface area contributed by atoms with Crippen molar-refractivity contribution in [2.24, 2.45) is 0 Å². The first-order valence-corrected chi connectivity index (χ1v) is 7.42. The Hall–Kier alpha value is -2.33. The third kappa shape index (κ3) is 2.97. The third-order valence-electron chi connectivity index (χ3n) is 3.63. The van der Waals surface area contributed by atoms with Crippen molar-refractivity contribution in [2.75, 3.05) is 5.32 Å². The molecule has 1 atom stereocenters. The molecule has 1 aliphatic rings. The molecule has 22 heavy (non-hydrogen) atoms. The SMILES string of the molecule is O=C1C[C@H](Nc2ccccc2Cl)C(=O)N1Cc1ccccc1. The highest BCUT2D eigenvalue weighted by atomic mass is 35.5. The Bertz CT molecular complexity index is 703. The summed E-state index contributed by atoms with van der Waals surface area (Å²) in [5.41, 5.74) is 1.60. The van der Waals surface area contributed by atoms with E-state index in [1.165, 1.54) is 4.90 Å². The molecule has 1 saturated heterocycles. The molecular weight excluding hydrogens is 300 g/mol. The standard InChI is InChI=1S/C17H15ClN2O2/c18-13-8-4-5-9-14(13)19-15-10-16(21)20(17(15)22)11-12-6-2-1-3-7-12/h1-9,15,19H,10-11H2/t15-/m0/s1. The van der Waals surface area contributed by atoms with Crippen LogP contribution >= 0.6 is 11.6 Å². The van der Waals surface area contributed by atoms with E-state index in [4.69, 9.17) is 11.6 Å². The molecule has 1 fully saturated rings. The normalized spacial score (nSPS) is 17.9. The highest BCUT2D eigenvalue weighted by Gasteiger charge is 2.38. The average Bonchev–Trinajstić information content (AvgIpc) is 2.78. The Balaban J connectivity index is 1.73. The Morgan fingerprint density at radius 3 is 2.45 bits per heavy atom. The molecule has 0 spiro atoms. The number of amides is 2. The van der Waals surface area contributed by atoms with Gasteiger partial charge in [0.2, 0.25) is 5.91 Å². The van der Waals surface area contributed by atoms with E-state index in [-0.39, 0.29) is 18.2 Å². The molecule has 0 radical (unpaired) electrons. The first-order valence-electron chi connectivity index (χ1n) is 7.04. The first-order chi connectivity index (χ1) is 10.6. The molecule has 5 heteroatoms. The molecule has 2 aromatic carbocycles. The summed E-state index contributed by atoms with van der Waals surface area (Å²) in [5, 5.41) is 3.59. The van der Waals surface area contributed by atoms with Crippen molar-refractivity contribution in [1.82, 2.24) is 4.90 Å². The van der Waals surface area contributed by atoms with Gasteiger partial charge in [0, 0.05) is 0 Å². The number of likely N-dealkylation sites (tertiary alicyclic amines) is 1. The van der Waals surface area contributed by atoms with Gasteiger partial charge in [-0.25, -0.2) is 0 Å². The van der Waals surface area contributed by atoms with Gasteiger partial charge in [-0.1, -0.05) is 54.1 Å². The van der Waals surface area contributed by atoms with Crippen LogP contribution in [0.1, 0.15) is 12.0 Å². The van der Waals surface area contributed by atoms with Crippen LogP contribution in [0, 0.1) is 0 Å². The van der Waals surface area contributed by atoms with Crippen LogP contribution in [0.2, 0.25) is 5.02 Å². The molecule has 2 amide bonds. The quantitative estimate of drug-likeness (QED) is 0.882. The maximum absolute atomic E-state index is 12.4. The van der Waals surface area contributed by atoms with Gasteiger partial charge in [-0.15, -0.1) is 0 Å². The predicted molar refractivity (Wildman–Crippen MR) is 85.5 cm³/mol. The third-order valence-corrected chi connectivity index (χ3v) is 3.96. The molecule has 3 rings (SSSR count). The molecular formula is C17H15ClN2O2. The van der Waals surface area contributed by atoms with Crippen LogP contribution in [-0.2, 0) is 16.1 Å². The fourth-order valence-electron chi connectivity index (χ4n) is 2.49. The summed E-state index contributed by atoms with van der Waals surface area (Å²) in [6, 6.07) is 16.1. The summed E-state index contributed by atoms with van der Waals surface area (Å²) >= 11 is 6.08. The highest BCUT2D eigenvalue weighted by Crippen LogP contribution is 2.25. The molecule has 0 aliphatic carbocycles. The minimum atomic E-state index is -0.559. The van der Waals surface area contributed by atoms with Crippen LogP contribution in [-0.4, -0.2) is 22.8 Å². The van der Waals surface area contributed by atoms with Gasteiger partial charge in [0.1, 0.15) is 6.04 Å². The second-order valence-corrected chi connectivity index (χ2v) is 5.59. The molecule has 0 saturated carbocycles. The van der Waals surface area contributed by atoms with Gasteiger partial charge >= 0.3 is 0 Å². The molecule has 0 aromatic heterocycles. The summed E-state index contributed by atoms with van der Waals surface area (Å²) < 4.78 is 0. The summed E-state index contributed by atoms with van der Waals surface area (Å²) in [6.07, 6.45) is 0.150. The second kappa shape index (κ2) is 6.20. The molecule has 1 heterocycles. The molecule has 1 aliphatic heterocycles. The van der Waals surface area contributed by atoms with E-state index >= 15 is 0 Å². The first kappa shape index (κ1) is 14.6. The number of nitrogens with one attached hydrogen (secondary N) is 1. The van der Waals surface area contributed by atoms with Gasteiger partial charge in [0.15, 0.2) is 0 Å². The Labute approximate surface area is 133 Å². The van der Waals surface area contributed by atoms with Crippen LogP contribution in [0.25, 0.3) is 0 Å². The van der Waals surface area contributed by atoms with Crippen LogP contribution in [0.4, 0.5) is 5.69 Å². The van der Waals surface area contributed by atoms with E-state index in [9.17, 15) is 9.59 Å². The summed E-state index contributed by atoms with van der Waals surface area (Å²) in [5.74, 6) is -0.382. The van der Waals surface area contributed by atoms with Crippen LogP contribution in [0.3, 0.4) is 0 Å². The van der Waals surface area contributed by atoms with Crippen LogP contribution < -0.4 is 5.32 Å². The molecule has 1 N–H and O–H groups in total. The maximum Gasteiger partial charge on any atom is 0.252 e. The van der Waals surface area contributed by atoms with Crippen molar-refractivity contribution in [1.29, 1.82) is 0 Å². The zero-order valence-corrected chi connectivity index (χ0v) is 12.6. The average molecular weight is 315 g/mol. The van der Waals surface area contributed by atoms with E-state index in [1.807, 2.05) is 42.5 Å². The number of para-hydroxylation sites is 1. The number of carbonyl (C=O) groups excluding carboxylic acids is 2. The fourth-order valence-corrected chi connectivity index (χ4v) is 2.68. The smallest absolute Gasteiger partial charge is 0.252 e. The van der Waals surface area contributed by atoms with Crippen molar-refractivity contribution in [3.8, 4) is 0 Å². The van der Waals surface area contributed by atoms with Crippen molar-refractivity contribution < 1.29 is 9.59 Å². The lowest BCUT2D eigenvalue weighted by Gasteiger charge is -2.16. The van der Waals surface area contributed by atoms with E-state index in [0.29, 0.717) is 17.3 Å². The molecule has 0 unspecified atom stereocenters. The number of benzene rings is 2. The number of halogens is 1. The van der Waals surface area contributed by atoms with Gasteiger partial charge in [-0.05, 0) is 17.7 Å². The highest BCUT2D eigenvalue weighted by molar-refractivity contribution is 6.33. The largest absolute Gasteiger partial charge is 0.372 e. The lowest BCUT2D eigenvalue weighted by Crippen LogP contribution is -2.34. The number of rotatable bonds is 4. The minimum Gasteiger partial charge on any atom is -0.372 e. The summed E-state index contributed by atoms with van der Waals surface area (Å²) in [4.78, 5) is 25.8. The zero-order chi connectivity index (χ0) is 15.5. The van der Waals surface area contributed by atoms with Crippen molar-refractivity contribution in [2.45, 2.75) is 19.0 Å².